The van der Waals surface area contributed by atoms with Gasteiger partial charge >= 0.3 is 0 Å². The summed E-state index contributed by atoms with van der Waals surface area (Å²) in [6.45, 7) is 1.98. The lowest BCUT2D eigenvalue weighted by Crippen LogP contribution is -2.11. The summed E-state index contributed by atoms with van der Waals surface area (Å²) in [4.78, 5) is 0. The van der Waals surface area contributed by atoms with Gasteiger partial charge in [0.25, 0.3) is 0 Å². The summed E-state index contributed by atoms with van der Waals surface area (Å²) in [5.74, 6) is -0.340. The van der Waals surface area contributed by atoms with E-state index in [1.807, 2.05) is 6.92 Å². The Bertz CT molecular complexity index is 281. The molecule has 0 amide bonds. The zero-order chi connectivity index (χ0) is 10.6. The SMILES string of the molecule is CCCC(O)Cc1c(F)cccc1Cl. The Balaban J connectivity index is 2.75. The van der Waals surface area contributed by atoms with Gasteiger partial charge in [0.05, 0.1) is 6.10 Å². The molecule has 0 heterocycles. The van der Waals surface area contributed by atoms with Crippen LogP contribution >= 0.6 is 11.6 Å². The quantitative estimate of drug-likeness (QED) is 0.820. The monoisotopic (exact) mass is 216 g/mol. The van der Waals surface area contributed by atoms with E-state index in [-0.39, 0.29) is 5.82 Å². The Morgan fingerprint density at radius 1 is 1.50 bits per heavy atom. The number of rotatable bonds is 4. The minimum Gasteiger partial charge on any atom is -0.393 e. The second-order valence-electron chi connectivity index (χ2n) is 3.35. The fourth-order valence-corrected chi connectivity index (χ4v) is 1.64. The van der Waals surface area contributed by atoms with Crippen molar-refractivity contribution in [2.45, 2.75) is 32.3 Å². The van der Waals surface area contributed by atoms with E-state index in [9.17, 15) is 9.50 Å². The first kappa shape index (κ1) is 11.5. The van der Waals surface area contributed by atoms with Crippen molar-refractivity contribution in [2.75, 3.05) is 0 Å². The van der Waals surface area contributed by atoms with Gasteiger partial charge in [-0.15, -0.1) is 0 Å². The molecule has 1 N–H and O–H groups in total. The molecule has 0 fully saturated rings. The van der Waals surface area contributed by atoms with Crippen molar-refractivity contribution in [1.29, 1.82) is 0 Å². The van der Waals surface area contributed by atoms with Crippen LogP contribution in [0.25, 0.3) is 0 Å². The molecule has 0 saturated carbocycles. The summed E-state index contributed by atoms with van der Waals surface area (Å²) in [5, 5.41) is 9.92. The van der Waals surface area contributed by atoms with Crippen LogP contribution in [-0.2, 0) is 6.42 Å². The zero-order valence-electron chi connectivity index (χ0n) is 8.13. The average Bonchev–Trinajstić information content (AvgIpc) is 2.12. The molecule has 14 heavy (non-hydrogen) atoms. The summed E-state index contributed by atoms with van der Waals surface area (Å²) >= 11 is 5.82. The predicted molar refractivity (Wildman–Crippen MR) is 56.0 cm³/mol. The van der Waals surface area contributed by atoms with Gasteiger partial charge in [-0.2, -0.15) is 0 Å². The van der Waals surface area contributed by atoms with Crippen molar-refractivity contribution in [3.05, 3.63) is 34.6 Å². The minimum atomic E-state index is -0.505. The zero-order valence-corrected chi connectivity index (χ0v) is 8.89. The molecule has 0 aliphatic rings. The maximum absolute atomic E-state index is 13.3. The van der Waals surface area contributed by atoms with Gasteiger partial charge in [0.1, 0.15) is 5.82 Å². The first-order valence-electron chi connectivity index (χ1n) is 4.76. The Kier molecular flexibility index (Phi) is 4.36. The van der Waals surface area contributed by atoms with Gasteiger partial charge in [-0.1, -0.05) is 31.0 Å². The topological polar surface area (TPSA) is 20.2 Å². The van der Waals surface area contributed by atoms with Crippen molar-refractivity contribution in [1.82, 2.24) is 0 Å². The van der Waals surface area contributed by atoms with Crippen molar-refractivity contribution in [2.24, 2.45) is 0 Å². The van der Waals surface area contributed by atoms with Crippen molar-refractivity contribution in [3.63, 3.8) is 0 Å². The van der Waals surface area contributed by atoms with E-state index in [2.05, 4.69) is 0 Å². The lowest BCUT2D eigenvalue weighted by atomic mass is 10.0. The molecule has 0 aliphatic heterocycles. The molecule has 1 rings (SSSR count). The molecule has 1 unspecified atom stereocenters. The van der Waals surface area contributed by atoms with Crippen LogP contribution in [0.1, 0.15) is 25.3 Å². The van der Waals surface area contributed by atoms with Gasteiger partial charge in [0, 0.05) is 17.0 Å². The maximum Gasteiger partial charge on any atom is 0.127 e. The molecule has 0 spiro atoms. The number of aliphatic hydroxyl groups is 1. The number of halogens is 2. The van der Waals surface area contributed by atoms with Crippen LogP contribution in [0.2, 0.25) is 5.02 Å². The summed E-state index contributed by atoms with van der Waals surface area (Å²) < 4.78 is 13.3. The van der Waals surface area contributed by atoms with Gasteiger partial charge in [-0.25, -0.2) is 4.39 Å². The molecule has 0 radical (unpaired) electrons. The molecule has 1 aromatic carbocycles. The summed E-state index contributed by atoms with van der Waals surface area (Å²) in [7, 11) is 0. The number of hydrogen-bond acceptors (Lipinski definition) is 1. The highest BCUT2D eigenvalue weighted by molar-refractivity contribution is 6.31. The first-order valence-corrected chi connectivity index (χ1v) is 5.14. The Labute approximate surface area is 88.5 Å². The fraction of sp³-hybridized carbons (Fsp3) is 0.455. The van der Waals surface area contributed by atoms with Crippen molar-refractivity contribution >= 4 is 11.6 Å². The van der Waals surface area contributed by atoms with Crippen LogP contribution in [0.15, 0.2) is 18.2 Å². The molecule has 1 nitrogen and oxygen atoms in total. The van der Waals surface area contributed by atoms with Crippen molar-refractivity contribution < 1.29 is 9.50 Å². The van der Waals surface area contributed by atoms with Crippen LogP contribution in [-0.4, -0.2) is 11.2 Å². The number of hydrogen-bond donors (Lipinski definition) is 1. The highest BCUT2D eigenvalue weighted by Crippen LogP contribution is 2.21. The standard InChI is InChI=1S/C11H14ClFO/c1-2-4-8(14)7-9-10(12)5-3-6-11(9)13/h3,5-6,8,14H,2,4,7H2,1H3. The summed E-state index contributed by atoms with van der Waals surface area (Å²) in [6, 6.07) is 4.56. The Morgan fingerprint density at radius 3 is 2.79 bits per heavy atom. The second-order valence-corrected chi connectivity index (χ2v) is 3.75. The molecule has 3 heteroatoms. The molecular formula is C11H14ClFO. The highest BCUT2D eigenvalue weighted by atomic mass is 35.5. The van der Waals surface area contributed by atoms with Gasteiger partial charge < -0.3 is 5.11 Å². The summed E-state index contributed by atoms with van der Waals surface area (Å²) in [6.07, 6.45) is 1.34. The molecule has 0 aliphatic carbocycles. The summed E-state index contributed by atoms with van der Waals surface area (Å²) in [5.41, 5.74) is 0.412. The average molecular weight is 217 g/mol. The molecule has 0 aromatic heterocycles. The molecule has 1 aromatic rings. The lowest BCUT2D eigenvalue weighted by Gasteiger charge is -2.11. The molecular weight excluding hydrogens is 203 g/mol. The van der Waals surface area contributed by atoms with Gasteiger partial charge in [0.2, 0.25) is 0 Å². The van der Waals surface area contributed by atoms with E-state index in [0.29, 0.717) is 23.4 Å². The number of benzene rings is 1. The maximum atomic E-state index is 13.3. The van der Waals surface area contributed by atoms with Crippen LogP contribution in [0.3, 0.4) is 0 Å². The van der Waals surface area contributed by atoms with E-state index >= 15 is 0 Å². The molecule has 78 valence electrons. The van der Waals surface area contributed by atoms with Gasteiger partial charge in [-0.05, 0) is 18.6 Å². The lowest BCUT2D eigenvalue weighted by molar-refractivity contribution is 0.162. The second kappa shape index (κ2) is 5.32. The number of aliphatic hydroxyl groups excluding tert-OH is 1. The molecule has 0 bridgehead atoms. The van der Waals surface area contributed by atoms with Gasteiger partial charge in [0.15, 0.2) is 0 Å². The molecule has 1 atom stereocenters. The first-order chi connectivity index (χ1) is 6.65. The van der Waals surface area contributed by atoms with Crippen LogP contribution in [0.4, 0.5) is 4.39 Å². The fourth-order valence-electron chi connectivity index (χ4n) is 1.40. The Morgan fingerprint density at radius 2 is 2.21 bits per heavy atom. The van der Waals surface area contributed by atoms with Crippen LogP contribution < -0.4 is 0 Å². The van der Waals surface area contributed by atoms with Crippen LogP contribution in [0, 0.1) is 5.82 Å². The minimum absolute atomic E-state index is 0.291. The van der Waals surface area contributed by atoms with E-state index < -0.39 is 6.10 Å². The van der Waals surface area contributed by atoms with E-state index in [0.717, 1.165) is 6.42 Å². The highest BCUT2D eigenvalue weighted by Gasteiger charge is 2.11. The smallest absolute Gasteiger partial charge is 0.127 e. The van der Waals surface area contributed by atoms with E-state index in [1.165, 1.54) is 6.07 Å². The Hall–Kier alpha value is -0.600. The van der Waals surface area contributed by atoms with E-state index in [4.69, 9.17) is 11.6 Å². The van der Waals surface area contributed by atoms with Crippen LogP contribution in [0.5, 0.6) is 0 Å². The normalized spacial score (nSPS) is 12.9. The predicted octanol–water partition coefficient (Wildman–Crippen LogP) is 3.18. The molecule has 0 saturated heterocycles. The largest absolute Gasteiger partial charge is 0.393 e. The third-order valence-electron chi connectivity index (χ3n) is 2.12. The van der Waals surface area contributed by atoms with E-state index in [1.54, 1.807) is 12.1 Å². The third kappa shape index (κ3) is 2.96. The van der Waals surface area contributed by atoms with Gasteiger partial charge in [-0.3, -0.25) is 0 Å². The van der Waals surface area contributed by atoms with Crippen molar-refractivity contribution in [3.8, 4) is 0 Å². The third-order valence-corrected chi connectivity index (χ3v) is 2.48.